The van der Waals surface area contributed by atoms with E-state index in [1.54, 1.807) is 18.2 Å². The van der Waals surface area contributed by atoms with Crippen molar-refractivity contribution < 1.29 is 18.1 Å². The monoisotopic (exact) mass is 598 g/mol. The lowest BCUT2D eigenvalue weighted by molar-refractivity contribution is -0.387. The summed E-state index contributed by atoms with van der Waals surface area (Å²) in [5, 5.41) is 11.5. The van der Waals surface area contributed by atoms with E-state index in [1.807, 2.05) is 35.1 Å². The van der Waals surface area contributed by atoms with Crippen LogP contribution in [0, 0.1) is 10.1 Å². The third-order valence-electron chi connectivity index (χ3n) is 4.26. The molecule has 1 amide bonds. The van der Waals surface area contributed by atoms with Crippen LogP contribution in [0.2, 0.25) is 0 Å². The van der Waals surface area contributed by atoms with Gasteiger partial charge in [0.1, 0.15) is 0 Å². The molecule has 0 radical (unpaired) electrons. The minimum absolute atomic E-state index is 0.112. The summed E-state index contributed by atoms with van der Waals surface area (Å²) in [4.78, 5) is 23.8. The number of carbonyl (C=O) groups is 1. The van der Waals surface area contributed by atoms with Crippen molar-refractivity contribution in [3.05, 3.63) is 102 Å². The third-order valence-corrected chi connectivity index (χ3v) is 7.82. The fourth-order valence-corrected chi connectivity index (χ4v) is 6.21. The van der Waals surface area contributed by atoms with Crippen LogP contribution in [-0.2, 0) is 21.5 Å². The highest BCUT2D eigenvalue weighted by molar-refractivity contribution is 9.11. The Morgan fingerprint density at radius 3 is 2.41 bits per heavy atom. The summed E-state index contributed by atoms with van der Waals surface area (Å²) < 4.78 is 28.2. The number of nitro benzene ring substituents is 1. The molecule has 0 spiro atoms. The minimum Gasteiger partial charge on any atom is -0.268 e. The highest BCUT2D eigenvalue weighted by Gasteiger charge is 2.22. The SMILES string of the molecule is O=C(NS(=O)(=O)Cc1ccc(Br)cc1Br)c1ccc(SCc2ccccc2)c([N+](=O)[O-])c1. The van der Waals surface area contributed by atoms with E-state index in [2.05, 4.69) is 31.9 Å². The van der Waals surface area contributed by atoms with E-state index in [-0.39, 0.29) is 11.3 Å². The van der Waals surface area contributed by atoms with Crippen LogP contribution < -0.4 is 4.72 Å². The minimum atomic E-state index is -4.03. The van der Waals surface area contributed by atoms with Gasteiger partial charge in [-0.15, -0.1) is 11.8 Å². The van der Waals surface area contributed by atoms with Gasteiger partial charge in [0, 0.05) is 26.3 Å². The Labute approximate surface area is 206 Å². The van der Waals surface area contributed by atoms with Gasteiger partial charge in [-0.1, -0.05) is 68.3 Å². The summed E-state index contributed by atoms with van der Waals surface area (Å²) in [5.41, 5.74) is 1.09. The number of nitrogens with one attached hydrogen (secondary N) is 1. The first-order chi connectivity index (χ1) is 15.1. The second-order valence-corrected chi connectivity index (χ2v) is 11.1. The predicted molar refractivity (Wildman–Crippen MR) is 131 cm³/mol. The molecule has 0 saturated heterocycles. The van der Waals surface area contributed by atoms with Crippen molar-refractivity contribution >= 4 is 65.2 Å². The van der Waals surface area contributed by atoms with Crippen molar-refractivity contribution in [3.8, 4) is 0 Å². The summed E-state index contributed by atoms with van der Waals surface area (Å²) in [6, 6.07) is 18.4. The molecule has 3 rings (SSSR count). The third kappa shape index (κ3) is 6.64. The molecule has 0 saturated carbocycles. The van der Waals surface area contributed by atoms with Gasteiger partial charge in [0.2, 0.25) is 10.0 Å². The highest BCUT2D eigenvalue weighted by atomic mass is 79.9. The Morgan fingerprint density at radius 1 is 1.03 bits per heavy atom. The standard InChI is InChI=1S/C21H16Br2N2O5S2/c22-17-8-6-16(18(23)11-17)13-32(29,30)24-21(26)15-7-9-20(19(10-15)25(27)28)31-12-14-4-2-1-3-5-14/h1-11H,12-13H2,(H,24,26). The first kappa shape index (κ1) is 24.4. The van der Waals surface area contributed by atoms with E-state index in [1.165, 1.54) is 23.9 Å². The molecule has 7 nitrogen and oxygen atoms in total. The zero-order valence-electron chi connectivity index (χ0n) is 16.3. The number of thioether (sulfide) groups is 1. The molecule has 166 valence electrons. The van der Waals surface area contributed by atoms with Gasteiger partial charge in [-0.3, -0.25) is 14.9 Å². The summed E-state index contributed by atoms with van der Waals surface area (Å²) in [6.45, 7) is 0. The summed E-state index contributed by atoms with van der Waals surface area (Å²) >= 11 is 7.85. The average molecular weight is 600 g/mol. The lowest BCUT2D eigenvalue weighted by atomic mass is 10.2. The quantitative estimate of drug-likeness (QED) is 0.203. The molecule has 3 aromatic rings. The number of nitro groups is 1. The van der Waals surface area contributed by atoms with Crippen LogP contribution >= 0.6 is 43.6 Å². The van der Waals surface area contributed by atoms with E-state index in [0.29, 0.717) is 20.7 Å². The van der Waals surface area contributed by atoms with Crippen molar-refractivity contribution in [1.29, 1.82) is 0 Å². The molecular weight excluding hydrogens is 584 g/mol. The molecule has 0 heterocycles. The van der Waals surface area contributed by atoms with Gasteiger partial charge in [0.15, 0.2) is 0 Å². The van der Waals surface area contributed by atoms with Gasteiger partial charge in [-0.25, -0.2) is 13.1 Å². The number of sulfonamides is 1. The van der Waals surface area contributed by atoms with E-state index in [0.717, 1.165) is 16.1 Å². The zero-order valence-corrected chi connectivity index (χ0v) is 21.1. The second kappa shape index (κ2) is 10.6. The first-order valence-electron chi connectivity index (χ1n) is 9.08. The number of carbonyl (C=O) groups excluding carboxylic acids is 1. The zero-order chi connectivity index (χ0) is 23.3. The van der Waals surface area contributed by atoms with E-state index < -0.39 is 26.6 Å². The molecule has 0 aliphatic rings. The lowest BCUT2D eigenvalue weighted by Crippen LogP contribution is -2.31. The molecule has 0 aliphatic heterocycles. The molecule has 1 N–H and O–H groups in total. The Hall–Kier alpha value is -2.21. The molecule has 3 aromatic carbocycles. The number of amides is 1. The summed E-state index contributed by atoms with van der Waals surface area (Å²) in [5.74, 6) is -0.843. The summed E-state index contributed by atoms with van der Waals surface area (Å²) in [7, 11) is -4.03. The molecule has 11 heteroatoms. The van der Waals surface area contributed by atoms with E-state index >= 15 is 0 Å². The molecule has 0 aliphatic carbocycles. The number of hydrogen-bond donors (Lipinski definition) is 1. The van der Waals surface area contributed by atoms with Crippen LogP contribution in [0.4, 0.5) is 5.69 Å². The van der Waals surface area contributed by atoms with Gasteiger partial charge >= 0.3 is 0 Å². The first-order valence-corrected chi connectivity index (χ1v) is 13.3. The highest BCUT2D eigenvalue weighted by Crippen LogP contribution is 2.32. The van der Waals surface area contributed by atoms with Crippen molar-refractivity contribution in [2.45, 2.75) is 16.4 Å². The lowest BCUT2D eigenvalue weighted by Gasteiger charge is -2.10. The van der Waals surface area contributed by atoms with Gasteiger partial charge in [0.05, 0.1) is 15.6 Å². The fraction of sp³-hybridized carbons (Fsp3) is 0.0952. The van der Waals surface area contributed by atoms with E-state index in [9.17, 15) is 23.3 Å². The molecule has 0 atom stereocenters. The summed E-state index contributed by atoms with van der Waals surface area (Å²) in [6.07, 6.45) is 0. The average Bonchev–Trinajstić information content (AvgIpc) is 2.74. The van der Waals surface area contributed by atoms with Gasteiger partial charge in [-0.2, -0.15) is 0 Å². The van der Waals surface area contributed by atoms with Crippen molar-refractivity contribution in [2.24, 2.45) is 0 Å². The second-order valence-electron chi connectivity index (χ2n) is 6.64. The Morgan fingerprint density at radius 2 is 1.75 bits per heavy atom. The topological polar surface area (TPSA) is 106 Å². The van der Waals surface area contributed by atoms with Crippen LogP contribution in [0.1, 0.15) is 21.5 Å². The van der Waals surface area contributed by atoms with Crippen LogP contribution in [-0.4, -0.2) is 19.2 Å². The molecule has 32 heavy (non-hydrogen) atoms. The fourth-order valence-electron chi connectivity index (χ4n) is 2.74. The Kier molecular flexibility index (Phi) is 8.10. The number of halogens is 2. The van der Waals surface area contributed by atoms with Crippen LogP contribution in [0.3, 0.4) is 0 Å². The molecular formula is C21H16Br2N2O5S2. The normalized spacial score (nSPS) is 11.2. The Bertz CT molecular complexity index is 1270. The van der Waals surface area contributed by atoms with Gasteiger partial charge in [-0.05, 0) is 35.4 Å². The van der Waals surface area contributed by atoms with Crippen molar-refractivity contribution in [2.75, 3.05) is 0 Å². The van der Waals surface area contributed by atoms with Gasteiger partial charge in [0.25, 0.3) is 11.6 Å². The predicted octanol–water partition coefficient (Wildman–Crippen LogP) is 5.67. The Balaban J connectivity index is 1.75. The van der Waals surface area contributed by atoms with Crippen molar-refractivity contribution in [1.82, 2.24) is 4.72 Å². The molecule has 0 bridgehead atoms. The molecule has 0 aromatic heterocycles. The number of hydrogen-bond acceptors (Lipinski definition) is 6. The number of rotatable bonds is 8. The largest absolute Gasteiger partial charge is 0.283 e. The van der Waals surface area contributed by atoms with Crippen LogP contribution in [0.15, 0.2) is 80.6 Å². The molecule has 0 fully saturated rings. The van der Waals surface area contributed by atoms with Crippen LogP contribution in [0.25, 0.3) is 0 Å². The van der Waals surface area contributed by atoms with Crippen LogP contribution in [0.5, 0.6) is 0 Å². The van der Waals surface area contributed by atoms with Gasteiger partial charge < -0.3 is 0 Å². The maximum atomic E-state index is 12.5. The maximum Gasteiger partial charge on any atom is 0.283 e. The molecule has 0 unspecified atom stereocenters. The number of nitrogens with zero attached hydrogens (tertiary/aromatic N) is 1. The smallest absolute Gasteiger partial charge is 0.268 e. The van der Waals surface area contributed by atoms with Crippen molar-refractivity contribution in [3.63, 3.8) is 0 Å². The maximum absolute atomic E-state index is 12.5. The van der Waals surface area contributed by atoms with E-state index in [4.69, 9.17) is 0 Å². The number of benzene rings is 3.